The normalized spacial score (nSPS) is 14.6. The van der Waals surface area contributed by atoms with Gasteiger partial charge in [-0.05, 0) is 37.3 Å². The van der Waals surface area contributed by atoms with E-state index in [9.17, 15) is 9.59 Å². The first-order valence-corrected chi connectivity index (χ1v) is 6.50. The van der Waals surface area contributed by atoms with E-state index in [1.807, 2.05) is 31.2 Å². The molecule has 1 aliphatic rings. The van der Waals surface area contributed by atoms with Crippen LogP contribution in [0.5, 0.6) is 0 Å². The van der Waals surface area contributed by atoms with Gasteiger partial charge in [-0.2, -0.15) is 0 Å². The highest BCUT2D eigenvalue weighted by molar-refractivity contribution is 5.96. The van der Waals surface area contributed by atoms with E-state index in [2.05, 4.69) is 5.32 Å². The van der Waals surface area contributed by atoms with Crippen molar-refractivity contribution in [3.63, 3.8) is 0 Å². The standard InChI is InChI=1S/C15H16N2O2/c1-9-3-4-10-8-13(14(18)16-2)17(11-5-6-11)15(19)12(10)7-9/h3-4,7-8,11H,5-6H2,1-2H3,(H,16,18). The zero-order valence-corrected chi connectivity index (χ0v) is 11.1. The van der Waals surface area contributed by atoms with E-state index < -0.39 is 0 Å². The average Bonchev–Trinajstić information content (AvgIpc) is 3.22. The number of hydrogen-bond acceptors (Lipinski definition) is 2. The molecule has 19 heavy (non-hydrogen) atoms. The molecule has 1 aromatic carbocycles. The van der Waals surface area contributed by atoms with Gasteiger partial charge >= 0.3 is 0 Å². The molecule has 0 atom stereocenters. The van der Waals surface area contributed by atoms with Crippen LogP contribution >= 0.6 is 0 Å². The Labute approximate surface area is 111 Å². The van der Waals surface area contributed by atoms with Crippen molar-refractivity contribution in [1.29, 1.82) is 0 Å². The van der Waals surface area contributed by atoms with Crippen LogP contribution in [-0.2, 0) is 0 Å². The lowest BCUT2D eigenvalue weighted by atomic mass is 10.1. The quantitative estimate of drug-likeness (QED) is 0.893. The van der Waals surface area contributed by atoms with E-state index >= 15 is 0 Å². The third kappa shape index (κ3) is 1.93. The van der Waals surface area contributed by atoms with Gasteiger partial charge < -0.3 is 9.88 Å². The molecule has 1 fully saturated rings. The van der Waals surface area contributed by atoms with Gasteiger partial charge in [0.25, 0.3) is 11.5 Å². The Morgan fingerprint density at radius 1 is 1.32 bits per heavy atom. The Kier molecular flexibility index (Phi) is 2.66. The Balaban J connectivity index is 2.36. The molecule has 1 aromatic heterocycles. The van der Waals surface area contributed by atoms with E-state index in [4.69, 9.17) is 0 Å². The van der Waals surface area contributed by atoms with Crippen molar-refractivity contribution in [2.24, 2.45) is 0 Å². The number of pyridine rings is 1. The summed E-state index contributed by atoms with van der Waals surface area (Å²) in [5.74, 6) is -0.202. The minimum absolute atomic E-state index is 0.0534. The SMILES string of the molecule is CNC(=O)c1cc2ccc(C)cc2c(=O)n1C1CC1. The van der Waals surface area contributed by atoms with Gasteiger partial charge in [0.15, 0.2) is 0 Å². The fourth-order valence-corrected chi connectivity index (χ4v) is 2.44. The van der Waals surface area contributed by atoms with E-state index in [1.165, 1.54) is 0 Å². The highest BCUT2D eigenvalue weighted by Gasteiger charge is 2.29. The Hall–Kier alpha value is -2.10. The number of nitrogens with zero attached hydrogens (tertiary/aromatic N) is 1. The summed E-state index contributed by atoms with van der Waals surface area (Å²) in [5.41, 5.74) is 1.47. The van der Waals surface area contributed by atoms with Crippen molar-refractivity contribution in [3.8, 4) is 0 Å². The summed E-state index contributed by atoms with van der Waals surface area (Å²) in [5, 5.41) is 4.13. The summed E-state index contributed by atoms with van der Waals surface area (Å²) in [7, 11) is 1.59. The van der Waals surface area contributed by atoms with Crippen LogP contribution in [0, 0.1) is 6.92 Å². The maximum atomic E-state index is 12.6. The molecule has 1 aliphatic carbocycles. The predicted molar refractivity (Wildman–Crippen MR) is 74.6 cm³/mol. The lowest BCUT2D eigenvalue weighted by Crippen LogP contribution is -2.30. The van der Waals surface area contributed by atoms with Gasteiger partial charge in [-0.25, -0.2) is 0 Å². The molecular weight excluding hydrogens is 240 g/mol. The number of rotatable bonds is 2. The molecule has 0 saturated heterocycles. The minimum Gasteiger partial charge on any atom is -0.354 e. The van der Waals surface area contributed by atoms with Crippen LogP contribution in [0.25, 0.3) is 10.8 Å². The van der Waals surface area contributed by atoms with Gasteiger partial charge in [0.05, 0.1) is 0 Å². The predicted octanol–water partition coefficient (Wildman–Crippen LogP) is 2.00. The van der Waals surface area contributed by atoms with Crippen LogP contribution in [0.3, 0.4) is 0 Å². The topological polar surface area (TPSA) is 51.1 Å². The molecular formula is C15H16N2O2. The summed E-state index contributed by atoms with van der Waals surface area (Å²) in [6.45, 7) is 1.97. The largest absolute Gasteiger partial charge is 0.354 e. The molecule has 1 saturated carbocycles. The van der Waals surface area contributed by atoms with Crippen LogP contribution < -0.4 is 10.9 Å². The van der Waals surface area contributed by atoms with Crippen molar-refractivity contribution in [3.05, 3.63) is 45.9 Å². The number of fused-ring (bicyclic) bond motifs is 1. The van der Waals surface area contributed by atoms with E-state index in [-0.39, 0.29) is 17.5 Å². The van der Waals surface area contributed by atoms with Gasteiger partial charge in [-0.1, -0.05) is 17.7 Å². The zero-order valence-electron chi connectivity index (χ0n) is 11.1. The van der Waals surface area contributed by atoms with Crippen molar-refractivity contribution in [1.82, 2.24) is 9.88 Å². The first-order chi connectivity index (χ1) is 9.11. The number of aromatic nitrogens is 1. The van der Waals surface area contributed by atoms with E-state index in [0.717, 1.165) is 23.8 Å². The summed E-state index contributed by atoms with van der Waals surface area (Å²) >= 11 is 0. The third-order valence-corrected chi connectivity index (χ3v) is 3.58. The molecule has 2 aromatic rings. The molecule has 0 spiro atoms. The fraction of sp³-hybridized carbons (Fsp3) is 0.333. The Bertz CT molecular complexity index is 727. The summed E-state index contributed by atoms with van der Waals surface area (Å²) in [6.07, 6.45) is 1.95. The number of nitrogens with one attached hydrogen (secondary N) is 1. The second-order valence-corrected chi connectivity index (χ2v) is 5.11. The second kappa shape index (κ2) is 4.23. The first-order valence-electron chi connectivity index (χ1n) is 6.50. The zero-order chi connectivity index (χ0) is 13.6. The number of carbonyl (C=O) groups is 1. The molecule has 0 aliphatic heterocycles. The average molecular weight is 256 g/mol. The molecule has 1 amide bonds. The summed E-state index contributed by atoms with van der Waals surface area (Å²) < 4.78 is 1.65. The van der Waals surface area contributed by atoms with Crippen molar-refractivity contribution >= 4 is 16.7 Å². The monoisotopic (exact) mass is 256 g/mol. The fourth-order valence-electron chi connectivity index (χ4n) is 2.44. The molecule has 98 valence electrons. The number of aryl methyl sites for hydroxylation is 1. The molecule has 4 nitrogen and oxygen atoms in total. The van der Waals surface area contributed by atoms with Gasteiger partial charge in [0, 0.05) is 18.5 Å². The van der Waals surface area contributed by atoms with Crippen molar-refractivity contribution in [2.75, 3.05) is 7.05 Å². The van der Waals surface area contributed by atoms with Crippen LogP contribution in [0.15, 0.2) is 29.1 Å². The first kappa shape index (κ1) is 12.0. The second-order valence-electron chi connectivity index (χ2n) is 5.11. The molecule has 3 rings (SSSR count). The minimum atomic E-state index is -0.202. The molecule has 0 unspecified atom stereocenters. The highest BCUT2D eigenvalue weighted by Crippen LogP contribution is 2.35. The smallest absolute Gasteiger partial charge is 0.267 e. The molecule has 0 radical (unpaired) electrons. The van der Waals surface area contributed by atoms with Gasteiger partial charge in [0.2, 0.25) is 0 Å². The van der Waals surface area contributed by atoms with Crippen LogP contribution in [0.4, 0.5) is 0 Å². The van der Waals surface area contributed by atoms with Gasteiger partial charge in [-0.15, -0.1) is 0 Å². The number of benzene rings is 1. The maximum Gasteiger partial charge on any atom is 0.267 e. The molecule has 4 heteroatoms. The lowest BCUT2D eigenvalue weighted by Gasteiger charge is -2.12. The third-order valence-electron chi connectivity index (χ3n) is 3.58. The Morgan fingerprint density at radius 2 is 2.05 bits per heavy atom. The summed E-state index contributed by atoms with van der Waals surface area (Å²) in [6, 6.07) is 7.74. The van der Waals surface area contributed by atoms with E-state index in [0.29, 0.717) is 11.1 Å². The molecule has 1 heterocycles. The summed E-state index contributed by atoms with van der Waals surface area (Å²) in [4.78, 5) is 24.5. The van der Waals surface area contributed by atoms with Crippen LogP contribution in [-0.4, -0.2) is 17.5 Å². The van der Waals surface area contributed by atoms with Crippen molar-refractivity contribution in [2.45, 2.75) is 25.8 Å². The number of amides is 1. The van der Waals surface area contributed by atoms with Gasteiger partial charge in [0.1, 0.15) is 5.69 Å². The number of carbonyl (C=O) groups excluding carboxylic acids is 1. The van der Waals surface area contributed by atoms with E-state index in [1.54, 1.807) is 11.6 Å². The van der Waals surface area contributed by atoms with Gasteiger partial charge in [-0.3, -0.25) is 9.59 Å². The maximum absolute atomic E-state index is 12.6. The highest BCUT2D eigenvalue weighted by atomic mass is 16.2. The Morgan fingerprint density at radius 3 is 2.68 bits per heavy atom. The molecule has 1 N–H and O–H groups in total. The molecule has 0 bridgehead atoms. The number of hydrogen-bond donors (Lipinski definition) is 1. The van der Waals surface area contributed by atoms with Crippen molar-refractivity contribution < 1.29 is 4.79 Å². The lowest BCUT2D eigenvalue weighted by molar-refractivity contribution is 0.0952. The van der Waals surface area contributed by atoms with Crippen LogP contribution in [0.2, 0.25) is 0 Å². The van der Waals surface area contributed by atoms with Crippen LogP contribution in [0.1, 0.15) is 34.9 Å².